The lowest BCUT2D eigenvalue weighted by molar-refractivity contribution is 0.149. The molecule has 1 aromatic carbocycles. The van der Waals surface area contributed by atoms with E-state index in [9.17, 15) is 4.39 Å². The quantitative estimate of drug-likeness (QED) is 0.705. The van der Waals surface area contributed by atoms with Crippen molar-refractivity contribution in [3.63, 3.8) is 0 Å². The first-order valence-corrected chi connectivity index (χ1v) is 7.48. The summed E-state index contributed by atoms with van der Waals surface area (Å²) in [4.78, 5) is 2.50. The Bertz CT molecular complexity index is 439. The topological polar surface area (TPSA) is 12.5 Å². The molecule has 1 fully saturated rings. The van der Waals surface area contributed by atoms with Gasteiger partial charge in [-0.05, 0) is 62.5 Å². The van der Waals surface area contributed by atoms with Crippen LogP contribution in [0, 0.1) is 12.7 Å². The molecule has 0 bridgehead atoms. The van der Waals surface area contributed by atoms with Gasteiger partial charge in [0.2, 0.25) is 0 Å². The van der Waals surface area contributed by atoms with E-state index in [1.54, 1.807) is 13.0 Å². The average molecular weight is 277 g/mol. The number of aryl methyl sites for hydroxylation is 1. The number of hydrogen-bond acceptors (Lipinski definition) is 2. The van der Waals surface area contributed by atoms with Crippen LogP contribution in [-0.2, 0) is 4.74 Å². The highest BCUT2D eigenvalue weighted by molar-refractivity contribution is 5.50. The van der Waals surface area contributed by atoms with E-state index in [0.29, 0.717) is 12.2 Å². The van der Waals surface area contributed by atoms with E-state index in [-0.39, 0.29) is 5.82 Å². The minimum absolute atomic E-state index is 0.152. The largest absolute Gasteiger partial charge is 0.377 e. The van der Waals surface area contributed by atoms with E-state index in [1.165, 1.54) is 32.0 Å². The van der Waals surface area contributed by atoms with Crippen LogP contribution in [0.25, 0.3) is 6.08 Å². The Kier molecular flexibility index (Phi) is 6.22. The Hall–Kier alpha value is -1.19. The van der Waals surface area contributed by atoms with Crippen molar-refractivity contribution in [2.45, 2.75) is 26.2 Å². The molecule has 20 heavy (non-hydrogen) atoms. The highest BCUT2D eigenvalue weighted by Crippen LogP contribution is 2.10. The lowest BCUT2D eigenvalue weighted by atomic mass is 10.1. The molecule has 0 saturated carbocycles. The van der Waals surface area contributed by atoms with Gasteiger partial charge in [0, 0.05) is 13.2 Å². The molecule has 2 nitrogen and oxygen atoms in total. The van der Waals surface area contributed by atoms with Gasteiger partial charge in [-0.15, -0.1) is 0 Å². The maximum Gasteiger partial charge on any atom is 0.126 e. The van der Waals surface area contributed by atoms with Crippen molar-refractivity contribution in [1.82, 2.24) is 4.90 Å². The molecule has 2 rings (SSSR count). The molecule has 0 amide bonds. The number of hydrogen-bond donors (Lipinski definition) is 0. The zero-order chi connectivity index (χ0) is 14.2. The molecule has 1 heterocycles. The molecule has 0 N–H and O–H groups in total. The van der Waals surface area contributed by atoms with Gasteiger partial charge in [0.05, 0.1) is 6.61 Å². The number of nitrogens with zero attached hydrogens (tertiary/aromatic N) is 1. The van der Waals surface area contributed by atoms with Gasteiger partial charge in [-0.1, -0.05) is 18.2 Å². The second-order valence-electron chi connectivity index (χ2n) is 5.39. The van der Waals surface area contributed by atoms with Crippen molar-refractivity contribution in [2.24, 2.45) is 0 Å². The normalized spacial score (nSPS) is 16.3. The van der Waals surface area contributed by atoms with Gasteiger partial charge in [0.1, 0.15) is 5.82 Å². The van der Waals surface area contributed by atoms with Crippen LogP contribution in [0.2, 0.25) is 0 Å². The fourth-order valence-corrected chi connectivity index (χ4v) is 2.50. The van der Waals surface area contributed by atoms with Gasteiger partial charge in [0.25, 0.3) is 0 Å². The average Bonchev–Trinajstić information content (AvgIpc) is 2.95. The molecule has 0 aromatic heterocycles. The van der Waals surface area contributed by atoms with Gasteiger partial charge >= 0.3 is 0 Å². The summed E-state index contributed by atoms with van der Waals surface area (Å²) < 4.78 is 18.7. The van der Waals surface area contributed by atoms with Gasteiger partial charge in [-0.25, -0.2) is 4.39 Å². The third-order valence-electron chi connectivity index (χ3n) is 3.67. The Morgan fingerprint density at radius 3 is 2.85 bits per heavy atom. The maximum absolute atomic E-state index is 13.1. The van der Waals surface area contributed by atoms with Crippen LogP contribution in [0.5, 0.6) is 0 Å². The van der Waals surface area contributed by atoms with Crippen LogP contribution in [0.1, 0.15) is 30.4 Å². The molecule has 1 saturated heterocycles. The number of ether oxygens (including phenoxy) is 1. The molecule has 110 valence electrons. The fourth-order valence-electron chi connectivity index (χ4n) is 2.50. The molecule has 0 aliphatic carbocycles. The van der Waals surface area contributed by atoms with Gasteiger partial charge < -0.3 is 9.64 Å². The minimum atomic E-state index is -0.152. The molecule has 1 aromatic rings. The second kappa shape index (κ2) is 8.18. The van der Waals surface area contributed by atoms with Crippen molar-refractivity contribution in [2.75, 3.05) is 32.8 Å². The molecule has 0 radical (unpaired) electrons. The predicted molar refractivity (Wildman–Crippen MR) is 81.3 cm³/mol. The Morgan fingerprint density at radius 1 is 1.30 bits per heavy atom. The van der Waals surface area contributed by atoms with Gasteiger partial charge in [-0.2, -0.15) is 0 Å². The Morgan fingerprint density at radius 2 is 2.10 bits per heavy atom. The van der Waals surface area contributed by atoms with Crippen LogP contribution in [0.4, 0.5) is 4.39 Å². The summed E-state index contributed by atoms with van der Waals surface area (Å²) in [7, 11) is 0. The summed E-state index contributed by atoms with van der Waals surface area (Å²) in [5.41, 5.74) is 1.70. The van der Waals surface area contributed by atoms with Crippen LogP contribution in [0.3, 0.4) is 0 Å². The van der Waals surface area contributed by atoms with E-state index in [2.05, 4.69) is 4.90 Å². The number of halogens is 1. The zero-order valence-electron chi connectivity index (χ0n) is 12.3. The van der Waals surface area contributed by atoms with Crippen molar-refractivity contribution >= 4 is 6.08 Å². The molecule has 0 atom stereocenters. The van der Waals surface area contributed by atoms with Crippen LogP contribution in [0.15, 0.2) is 24.3 Å². The van der Waals surface area contributed by atoms with Gasteiger partial charge in [0.15, 0.2) is 0 Å². The summed E-state index contributed by atoms with van der Waals surface area (Å²) in [5, 5.41) is 0. The highest BCUT2D eigenvalue weighted by atomic mass is 19.1. The van der Waals surface area contributed by atoms with E-state index < -0.39 is 0 Å². The van der Waals surface area contributed by atoms with Crippen molar-refractivity contribution < 1.29 is 9.13 Å². The smallest absolute Gasteiger partial charge is 0.126 e. The molecular weight excluding hydrogens is 253 g/mol. The predicted octanol–water partition coefficient (Wildman–Crippen LogP) is 3.65. The third-order valence-corrected chi connectivity index (χ3v) is 3.67. The number of benzene rings is 1. The Labute approximate surface area is 121 Å². The first-order chi connectivity index (χ1) is 9.75. The molecule has 1 aliphatic rings. The second-order valence-corrected chi connectivity index (χ2v) is 5.39. The van der Waals surface area contributed by atoms with Crippen molar-refractivity contribution in [3.05, 3.63) is 41.2 Å². The SMILES string of the molecule is Cc1cc(C=CCOCCCN2CCCC2)ccc1F. The van der Waals surface area contributed by atoms with E-state index >= 15 is 0 Å². The summed E-state index contributed by atoms with van der Waals surface area (Å²) in [6, 6.07) is 5.14. The van der Waals surface area contributed by atoms with Crippen molar-refractivity contribution in [1.29, 1.82) is 0 Å². The number of rotatable bonds is 7. The standard InChI is InChI=1S/C17H24FNO/c1-15-14-16(7-8-17(15)18)6-4-12-20-13-5-11-19-9-2-3-10-19/h4,6-8,14H,2-3,5,9-13H2,1H3. The summed E-state index contributed by atoms with van der Waals surface area (Å²) >= 11 is 0. The van der Waals surface area contributed by atoms with Crippen molar-refractivity contribution in [3.8, 4) is 0 Å². The summed E-state index contributed by atoms with van der Waals surface area (Å²) in [5.74, 6) is -0.152. The van der Waals surface area contributed by atoms with Crippen LogP contribution >= 0.6 is 0 Å². The van der Waals surface area contributed by atoms with E-state index in [0.717, 1.165) is 25.1 Å². The van der Waals surface area contributed by atoms with Crippen LogP contribution in [-0.4, -0.2) is 37.7 Å². The molecule has 0 spiro atoms. The summed E-state index contributed by atoms with van der Waals surface area (Å²) in [6.07, 6.45) is 7.76. The van der Waals surface area contributed by atoms with Gasteiger partial charge in [-0.3, -0.25) is 0 Å². The van der Waals surface area contributed by atoms with Crippen LogP contribution < -0.4 is 0 Å². The lowest BCUT2D eigenvalue weighted by Crippen LogP contribution is -2.21. The zero-order valence-corrected chi connectivity index (χ0v) is 12.3. The maximum atomic E-state index is 13.1. The Balaban J connectivity index is 1.57. The molecule has 1 aliphatic heterocycles. The minimum Gasteiger partial charge on any atom is -0.377 e. The highest BCUT2D eigenvalue weighted by Gasteiger charge is 2.09. The fraction of sp³-hybridized carbons (Fsp3) is 0.529. The monoisotopic (exact) mass is 277 g/mol. The first-order valence-electron chi connectivity index (χ1n) is 7.48. The lowest BCUT2D eigenvalue weighted by Gasteiger charge is -2.13. The summed E-state index contributed by atoms with van der Waals surface area (Å²) in [6.45, 7) is 6.87. The van der Waals surface area contributed by atoms with E-state index in [4.69, 9.17) is 4.74 Å². The molecule has 3 heteroatoms. The first kappa shape index (κ1) is 15.2. The molecule has 0 unspecified atom stereocenters. The number of likely N-dealkylation sites (tertiary alicyclic amines) is 1. The third kappa shape index (κ3) is 5.06. The van der Waals surface area contributed by atoms with E-state index in [1.807, 2.05) is 18.2 Å². The molecular formula is C17H24FNO.